The van der Waals surface area contributed by atoms with Crippen LogP contribution in [0.3, 0.4) is 0 Å². The van der Waals surface area contributed by atoms with Crippen LogP contribution in [0.4, 0.5) is 0 Å². The fourth-order valence-electron chi connectivity index (χ4n) is 1.17. The third kappa shape index (κ3) is 1.70. The molecule has 0 aromatic rings. The molecule has 2 nitrogen and oxygen atoms in total. The molecule has 0 unspecified atom stereocenters. The SMILES string of the molecule is CC=CC1=C(C)CCNC1=O. The van der Waals surface area contributed by atoms with Gasteiger partial charge in [-0.15, -0.1) is 0 Å². The molecule has 0 spiro atoms. The van der Waals surface area contributed by atoms with Crippen molar-refractivity contribution in [2.24, 2.45) is 0 Å². The second-order valence-electron chi connectivity index (χ2n) is 2.70. The summed E-state index contributed by atoms with van der Waals surface area (Å²) in [6, 6.07) is 0. The van der Waals surface area contributed by atoms with E-state index in [0.717, 1.165) is 18.5 Å². The van der Waals surface area contributed by atoms with Crippen LogP contribution in [0.1, 0.15) is 20.3 Å². The van der Waals surface area contributed by atoms with Gasteiger partial charge in [0.2, 0.25) is 0 Å². The first-order valence-electron chi connectivity index (χ1n) is 3.86. The quantitative estimate of drug-likeness (QED) is 0.603. The van der Waals surface area contributed by atoms with E-state index < -0.39 is 0 Å². The summed E-state index contributed by atoms with van der Waals surface area (Å²) in [6.07, 6.45) is 4.74. The second kappa shape index (κ2) is 3.37. The van der Waals surface area contributed by atoms with Gasteiger partial charge in [-0.25, -0.2) is 0 Å². The molecule has 0 bridgehead atoms. The average Bonchev–Trinajstić information content (AvgIpc) is 1.97. The maximum absolute atomic E-state index is 11.2. The van der Waals surface area contributed by atoms with Crippen LogP contribution in [0.25, 0.3) is 0 Å². The van der Waals surface area contributed by atoms with Gasteiger partial charge in [0.05, 0.1) is 0 Å². The Morgan fingerprint density at radius 1 is 1.55 bits per heavy atom. The van der Waals surface area contributed by atoms with Crippen molar-refractivity contribution in [1.29, 1.82) is 0 Å². The molecule has 1 rings (SSSR count). The van der Waals surface area contributed by atoms with Gasteiger partial charge in [-0.3, -0.25) is 4.79 Å². The first-order valence-corrected chi connectivity index (χ1v) is 3.86. The zero-order chi connectivity index (χ0) is 8.27. The summed E-state index contributed by atoms with van der Waals surface area (Å²) in [6.45, 7) is 4.71. The van der Waals surface area contributed by atoms with Crippen LogP contribution in [0, 0.1) is 0 Å². The minimum Gasteiger partial charge on any atom is -0.352 e. The van der Waals surface area contributed by atoms with Gasteiger partial charge in [0.15, 0.2) is 0 Å². The topological polar surface area (TPSA) is 29.1 Å². The van der Waals surface area contributed by atoms with Crippen LogP contribution in [-0.2, 0) is 4.79 Å². The Bertz CT molecular complexity index is 226. The molecule has 0 fully saturated rings. The number of hydrogen-bond donors (Lipinski definition) is 1. The van der Waals surface area contributed by atoms with Crippen molar-refractivity contribution < 1.29 is 4.79 Å². The van der Waals surface area contributed by atoms with Crippen molar-refractivity contribution in [2.45, 2.75) is 20.3 Å². The van der Waals surface area contributed by atoms with Gasteiger partial charge in [0.1, 0.15) is 0 Å². The van der Waals surface area contributed by atoms with E-state index in [4.69, 9.17) is 0 Å². The molecule has 0 radical (unpaired) electrons. The van der Waals surface area contributed by atoms with Gasteiger partial charge in [-0.2, -0.15) is 0 Å². The Morgan fingerprint density at radius 3 is 2.82 bits per heavy atom. The number of rotatable bonds is 1. The lowest BCUT2D eigenvalue weighted by Crippen LogP contribution is -2.30. The highest BCUT2D eigenvalue weighted by Gasteiger charge is 2.13. The molecule has 60 valence electrons. The molecule has 11 heavy (non-hydrogen) atoms. The van der Waals surface area contributed by atoms with E-state index >= 15 is 0 Å². The Labute approximate surface area is 67.0 Å². The highest BCUT2D eigenvalue weighted by Crippen LogP contribution is 2.13. The van der Waals surface area contributed by atoms with E-state index in [0.29, 0.717) is 0 Å². The van der Waals surface area contributed by atoms with Crippen molar-refractivity contribution in [2.75, 3.05) is 6.54 Å². The van der Waals surface area contributed by atoms with E-state index in [9.17, 15) is 4.79 Å². The molecule has 1 heterocycles. The molecule has 2 heteroatoms. The molecular weight excluding hydrogens is 138 g/mol. The van der Waals surface area contributed by atoms with Crippen LogP contribution in [0.5, 0.6) is 0 Å². The number of amides is 1. The number of carbonyl (C=O) groups excluding carboxylic acids is 1. The molecule has 0 saturated carbocycles. The first-order chi connectivity index (χ1) is 5.25. The smallest absolute Gasteiger partial charge is 0.251 e. The summed E-state index contributed by atoms with van der Waals surface area (Å²) < 4.78 is 0. The Morgan fingerprint density at radius 2 is 2.27 bits per heavy atom. The fraction of sp³-hybridized carbons (Fsp3) is 0.444. The minimum absolute atomic E-state index is 0.0619. The number of nitrogens with one attached hydrogen (secondary N) is 1. The molecular formula is C9H13NO. The molecule has 0 aliphatic carbocycles. The van der Waals surface area contributed by atoms with Crippen molar-refractivity contribution in [3.8, 4) is 0 Å². The highest BCUT2D eigenvalue weighted by molar-refractivity contribution is 5.97. The van der Waals surface area contributed by atoms with Crippen molar-refractivity contribution >= 4 is 5.91 Å². The van der Waals surface area contributed by atoms with Gasteiger partial charge >= 0.3 is 0 Å². The van der Waals surface area contributed by atoms with Crippen LogP contribution >= 0.6 is 0 Å². The maximum atomic E-state index is 11.2. The van der Waals surface area contributed by atoms with E-state index in [1.165, 1.54) is 5.57 Å². The fourth-order valence-corrected chi connectivity index (χ4v) is 1.17. The predicted octanol–water partition coefficient (Wildman–Crippen LogP) is 1.40. The standard InChI is InChI=1S/C9H13NO/c1-3-4-8-7(2)5-6-10-9(8)11/h3-4H,5-6H2,1-2H3,(H,10,11). The summed E-state index contributed by atoms with van der Waals surface area (Å²) >= 11 is 0. The maximum Gasteiger partial charge on any atom is 0.251 e. The third-order valence-electron chi connectivity index (χ3n) is 1.82. The monoisotopic (exact) mass is 151 g/mol. The first kappa shape index (κ1) is 8.05. The Balaban J connectivity index is 2.91. The van der Waals surface area contributed by atoms with E-state index in [1.54, 1.807) is 0 Å². The zero-order valence-corrected chi connectivity index (χ0v) is 6.98. The highest BCUT2D eigenvalue weighted by atomic mass is 16.1. The molecule has 0 saturated heterocycles. The van der Waals surface area contributed by atoms with E-state index in [-0.39, 0.29) is 5.91 Å². The number of hydrogen-bond acceptors (Lipinski definition) is 1. The lowest BCUT2D eigenvalue weighted by Gasteiger charge is -2.15. The van der Waals surface area contributed by atoms with Gasteiger partial charge < -0.3 is 5.32 Å². The van der Waals surface area contributed by atoms with Crippen molar-refractivity contribution in [3.63, 3.8) is 0 Å². The Hall–Kier alpha value is -1.05. The number of allylic oxidation sites excluding steroid dienone is 1. The normalized spacial score (nSPS) is 19.3. The van der Waals surface area contributed by atoms with Gasteiger partial charge in [0, 0.05) is 12.1 Å². The molecule has 1 amide bonds. The van der Waals surface area contributed by atoms with Crippen LogP contribution < -0.4 is 5.32 Å². The van der Waals surface area contributed by atoms with Gasteiger partial charge in [-0.1, -0.05) is 17.7 Å². The molecule has 0 aromatic heterocycles. The van der Waals surface area contributed by atoms with Crippen molar-refractivity contribution in [1.82, 2.24) is 5.32 Å². The second-order valence-corrected chi connectivity index (χ2v) is 2.70. The summed E-state index contributed by atoms with van der Waals surface area (Å²) in [5.41, 5.74) is 2.02. The summed E-state index contributed by atoms with van der Waals surface area (Å²) in [5.74, 6) is 0.0619. The molecule has 1 aliphatic rings. The molecule has 1 N–H and O–H groups in total. The average molecular weight is 151 g/mol. The Kier molecular flexibility index (Phi) is 2.47. The van der Waals surface area contributed by atoms with Crippen LogP contribution in [0.2, 0.25) is 0 Å². The molecule has 0 atom stereocenters. The van der Waals surface area contributed by atoms with E-state index in [2.05, 4.69) is 5.32 Å². The largest absolute Gasteiger partial charge is 0.352 e. The lowest BCUT2D eigenvalue weighted by atomic mass is 10.0. The summed E-state index contributed by atoms with van der Waals surface area (Å²) in [7, 11) is 0. The zero-order valence-electron chi connectivity index (χ0n) is 6.98. The van der Waals surface area contributed by atoms with Crippen LogP contribution in [-0.4, -0.2) is 12.5 Å². The predicted molar refractivity (Wildman–Crippen MR) is 45.1 cm³/mol. The van der Waals surface area contributed by atoms with E-state index in [1.807, 2.05) is 26.0 Å². The summed E-state index contributed by atoms with van der Waals surface area (Å²) in [5, 5.41) is 2.80. The molecule has 1 aliphatic heterocycles. The van der Waals surface area contributed by atoms with Crippen LogP contribution in [0.15, 0.2) is 23.3 Å². The molecule has 0 aromatic carbocycles. The van der Waals surface area contributed by atoms with Gasteiger partial charge in [0.25, 0.3) is 5.91 Å². The van der Waals surface area contributed by atoms with Gasteiger partial charge in [-0.05, 0) is 20.3 Å². The third-order valence-corrected chi connectivity index (χ3v) is 1.82. The number of carbonyl (C=O) groups is 1. The minimum atomic E-state index is 0.0619. The summed E-state index contributed by atoms with van der Waals surface area (Å²) in [4.78, 5) is 11.2. The lowest BCUT2D eigenvalue weighted by molar-refractivity contribution is -0.117. The van der Waals surface area contributed by atoms with Crippen molar-refractivity contribution in [3.05, 3.63) is 23.3 Å².